The van der Waals surface area contributed by atoms with Crippen LogP contribution in [0.15, 0.2) is 0 Å². The van der Waals surface area contributed by atoms with Crippen LogP contribution in [0.1, 0.15) is 0 Å². The van der Waals surface area contributed by atoms with Crippen LogP contribution >= 0.6 is 0 Å². The molecule has 0 radical (unpaired) electrons. The summed E-state index contributed by atoms with van der Waals surface area (Å²) in [6, 6.07) is 0. The molecule has 2 unspecified atom stereocenters. The molecule has 0 aliphatic carbocycles. The number of halogens is 2. The van der Waals surface area contributed by atoms with Crippen molar-refractivity contribution in [2.45, 2.75) is 12.3 Å². The Bertz CT molecular complexity index is 109. The van der Waals surface area contributed by atoms with Crippen molar-refractivity contribution in [3.05, 3.63) is 0 Å². The highest BCUT2D eigenvalue weighted by Crippen LogP contribution is 2.01. The summed E-state index contributed by atoms with van der Waals surface area (Å²) < 4.78 is 23.8. The molecule has 0 aromatic carbocycles. The first-order valence-electron chi connectivity index (χ1n) is 2.30. The van der Waals surface area contributed by atoms with E-state index in [9.17, 15) is 13.6 Å². The van der Waals surface area contributed by atoms with Gasteiger partial charge >= 0.3 is 5.97 Å². The van der Waals surface area contributed by atoms with Gasteiger partial charge in [0.1, 0.15) is 0 Å². The molecule has 0 aromatic rings. The molecule has 0 saturated carbocycles. The maximum Gasteiger partial charge on any atom is 0.341 e. The molecule has 3 nitrogen and oxygen atoms in total. The molecule has 0 aliphatic rings. The molecular formula is C4H7F2NO2. The van der Waals surface area contributed by atoms with Gasteiger partial charge in [0.2, 0.25) is 6.17 Å². The number of nitrogens with two attached hydrogens (primary N) is 1. The molecule has 3 N–H and O–H groups in total. The maximum atomic E-state index is 11.9. The fourth-order valence-electron chi connectivity index (χ4n) is 0.274. The highest BCUT2D eigenvalue weighted by atomic mass is 19.2. The zero-order valence-electron chi connectivity index (χ0n) is 4.55. The van der Waals surface area contributed by atoms with Crippen LogP contribution in [0, 0.1) is 0 Å². The average molecular weight is 139 g/mol. The number of aliphatic carboxylic acids is 1. The van der Waals surface area contributed by atoms with E-state index in [0.29, 0.717) is 0 Å². The van der Waals surface area contributed by atoms with Crippen LogP contribution in [0.2, 0.25) is 0 Å². The maximum absolute atomic E-state index is 11.9. The third kappa shape index (κ3) is 2.36. The van der Waals surface area contributed by atoms with E-state index >= 15 is 0 Å². The van der Waals surface area contributed by atoms with Crippen LogP contribution in [0.5, 0.6) is 0 Å². The fraction of sp³-hybridized carbons (Fsp3) is 0.750. The Morgan fingerprint density at radius 1 is 1.67 bits per heavy atom. The Balaban J connectivity index is 3.72. The van der Waals surface area contributed by atoms with Gasteiger partial charge < -0.3 is 10.8 Å². The van der Waals surface area contributed by atoms with Crippen molar-refractivity contribution in [1.82, 2.24) is 0 Å². The average Bonchev–Trinajstić information content (AvgIpc) is 1.84. The molecule has 5 heteroatoms. The predicted octanol–water partition coefficient (Wildman–Crippen LogP) is -0.294. The van der Waals surface area contributed by atoms with Crippen LogP contribution in [0.25, 0.3) is 0 Å². The molecule has 9 heavy (non-hydrogen) atoms. The third-order valence-electron chi connectivity index (χ3n) is 0.779. The van der Waals surface area contributed by atoms with Crippen molar-refractivity contribution in [2.75, 3.05) is 6.54 Å². The van der Waals surface area contributed by atoms with Crippen LogP contribution in [0.3, 0.4) is 0 Å². The SMILES string of the molecule is NCC(F)C(F)C(=O)O. The first-order chi connectivity index (χ1) is 4.09. The molecule has 0 heterocycles. The second-order valence-corrected chi connectivity index (χ2v) is 1.49. The number of alkyl halides is 2. The van der Waals surface area contributed by atoms with Crippen LogP contribution < -0.4 is 5.73 Å². The zero-order chi connectivity index (χ0) is 7.44. The quantitative estimate of drug-likeness (QED) is 0.564. The molecule has 0 spiro atoms. The largest absolute Gasteiger partial charge is 0.479 e. The molecule has 0 aromatic heterocycles. The summed E-state index contributed by atoms with van der Waals surface area (Å²) >= 11 is 0. The molecule has 0 saturated heterocycles. The van der Waals surface area contributed by atoms with Gasteiger partial charge in [0, 0.05) is 6.54 Å². The number of hydrogen-bond acceptors (Lipinski definition) is 2. The number of rotatable bonds is 3. The van der Waals surface area contributed by atoms with Crippen molar-refractivity contribution < 1.29 is 18.7 Å². The Hall–Kier alpha value is -0.710. The summed E-state index contributed by atoms with van der Waals surface area (Å²) in [5.41, 5.74) is 4.63. The van der Waals surface area contributed by atoms with Gasteiger partial charge in [-0.15, -0.1) is 0 Å². The predicted molar refractivity (Wildman–Crippen MR) is 26.5 cm³/mol. The monoisotopic (exact) mass is 139 g/mol. The normalized spacial score (nSPS) is 16.8. The Kier molecular flexibility index (Phi) is 3.08. The first-order valence-corrected chi connectivity index (χ1v) is 2.30. The number of hydrogen-bond donors (Lipinski definition) is 2. The summed E-state index contributed by atoms with van der Waals surface area (Å²) in [7, 11) is 0. The minimum Gasteiger partial charge on any atom is -0.479 e. The summed E-state index contributed by atoms with van der Waals surface area (Å²) in [6.07, 6.45) is -4.59. The van der Waals surface area contributed by atoms with Crippen LogP contribution in [-0.2, 0) is 4.79 Å². The van der Waals surface area contributed by atoms with E-state index in [4.69, 9.17) is 5.11 Å². The lowest BCUT2D eigenvalue weighted by Gasteiger charge is -2.04. The second-order valence-electron chi connectivity index (χ2n) is 1.49. The van der Waals surface area contributed by atoms with Gasteiger partial charge in [-0.3, -0.25) is 0 Å². The Morgan fingerprint density at radius 3 is 2.22 bits per heavy atom. The van der Waals surface area contributed by atoms with Crippen LogP contribution in [0.4, 0.5) is 8.78 Å². The fourth-order valence-corrected chi connectivity index (χ4v) is 0.274. The molecule has 0 fully saturated rings. The lowest BCUT2D eigenvalue weighted by Crippen LogP contribution is -2.32. The molecule has 2 atom stereocenters. The second kappa shape index (κ2) is 3.34. The Morgan fingerprint density at radius 2 is 2.11 bits per heavy atom. The van der Waals surface area contributed by atoms with E-state index in [2.05, 4.69) is 5.73 Å². The number of carboxylic acids is 1. The van der Waals surface area contributed by atoms with Crippen molar-refractivity contribution >= 4 is 5.97 Å². The molecule has 0 bridgehead atoms. The van der Waals surface area contributed by atoms with Gasteiger partial charge in [-0.25, -0.2) is 13.6 Å². The van der Waals surface area contributed by atoms with Gasteiger partial charge in [0.25, 0.3) is 0 Å². The van der Waals surface area contributed by atoms with Gasteiger partial charge in [-0.2, -0.15) is 0 Å². The highest BCUT2D eigenvalue weighted by molar-refractivity contribution is 5.72. The summed E-state index contributed by atoms with van der Waals surface area (Å²) in [4.78, 5) is 9.63. The topological polar surface area (TPSA) is 63.3 Å². The zero-order valence-corrected chi connectivity index (χ0v) is 4.55. The van der Waals surface area contributed by atoms with E-state index in [-0.39, 0.29) is 0 Å². The number of carboxylic acid groups (broad SMARTS) is 1. The summed E-state index contributed by atoms with van der Waals surface area (Å²) in [5.74, 6) is -1.81. The molecular weight excluding hydrogens is 132 g/mol. The highest BCUT2D eigenvalue weighted by Gasteiger charge is 2.25. The van der Waals surface area contributed by atoms with Gasteiger partial charge in [0.05, 0.1) is 0 Å². The van der Waals surface area contributed by atoms with Crippen molar-refractivity contribution in [3.8, 4) is 0 Å². The lowest BCUT2D eigenvalue weighted by atomic mass is 10.2. The van der Waals surface area contributed by atoms with Gasteiger partial charge in [0.15, 0.2) is 6.17 Å². The standard InChI is InChI=1S/C4H7F2NO2/c5-2(1-7)3(6)4(8)9/h2-3H,1,7H2,(H,8,9). The minimum absolute atomic E-state index is 0.604. The molecule has 54 valence electrons. The smallest absolute Gasteiger partial charge is 0.341 e. The van der Waals surface area contributed by atoms with E-state index in [1.807, 2.05) is 0 Å². The molecule has 0 aliphatic heterocycles. The Labute approximate surface area is 50.5 Å². The van der Waals surface area contributed by atoms with E-state index in [1.165, 1.54) is 0 Å². The molecule has 0 rings (SSSR count). The van der Waals surface area contributed by atoms with Crippen LogP contribution in [-0.4, -0.2) is 30.0 Å². The van der Waals surface area contributed by atoms with Crippen molar-refractivity contribution in [2.24, 2.45) is 5.73 Å². The lowest BCUT2D eigenvalue weighted by molar-refractivity contribution is -0.145. The van der Waals surface area contributed by atoms with Crippen molar-refractivity contribution in [3.63, 3.8) is 0 Å². The minimum atomic E-state index is -2.49. The number of carbonyl (C=O) groups is 1. The van der Waals surface area contributed by atoms with E-state index in [0.717, 1.165) is 0 Å². The molecule has 0 amide bonds. The summed E-state index contributed by atoms with van der Waals surface area (Å²) in [5, 5.41) is 7.81. The van der Waals surface area contributed by atoms with Crippen molar-refractivity contribution in [1.29, 1.82) is 0 Å². The van der Waals surface area contributed by atoms with Gasteiger partial charge in [-0.05, 0) is 0 Å². The van der Waals surface area contributed by atoms with Gasteiger partial charge in [-0.1, -0.05) is 0 Å². The first kappa shape index (κ1) is 8.29. The third-order valence-corrected chi connectivity index (χ3v) is 0.779. The van der Waals surface area contributed by atoms with E-state index in [1.54, 1.807) is 0 Å². The summed E-state index contributed by atoms with van der Waals surface area (Å²) in [6.45, 7) is -0.604. The van der Waals surface area contributed by atoms with E-state index < -0.39 is 24.9 Å².